The van der Waals surface area contributed by atoms with Crippen molar-refractivity contribution in [3.63, 3.8) is 0 Å². The Morgan fingerprint density at radius 1 is 1.29 bits per heavy atom. The van der Waals surface area contributed by atoms with Gasteiger partial charge in [-0.25, -0.2) is 8.42 Å². The summed E-state index contributed by atoms with van der Waals surface area (Å²) in [6.45, 7) is 2.88. The molecule has 2 heterocycles. The van der Waals surface area contributed by atoms with E-state index in [1.807, 2.05) is 30.5 Å². The number of hydrogen-bond acceptors (Lipinski definition) is 4. The maximum atomic E-state index is 12.7. The van der Waals surface area contributed by atoms with E-state index in [0.29, 0.717) is 18.8 Å². The van der Waals surface area contributed by atoms with E-state index in [0.717, 1.165) is 18.2 Å². The molecule has 0 saturated carbocycles. The summed E-state index contributed by atoms with van der Waals surface area (Å²) >= 11 is 1.71. The molecule has 0 fully saturated rings. The number of fused-ring (bicyclic) bond motifs is 1. The molecule has 0 N–H and O–H groups in total. The molecule has 1 aliphatic rings. The van der Waals surface area contributed by atoms with Crippen LogP contribution in [-0.4, -0.2) is 38.6 Å². The monoisotopic (exact) mass is 364 g/mol. The van der Waals surface area contributed by atoms with Crippen LogP contribution in [0.1, 0.15) is 16.0 Å². The zero-order chi connectivity index (χ0) is 17.3. The minimum Gasteiger partial charge on any atom is -0.336 e. The van der Waals surface area contributed by atoms with E-state index in [1.165, 1.54) is 14.7 Å². The third-order valence-corrected chi connectivity index (χ3v) is 6.37. The summed E-state index contributed by atoms with van der Waals surface area (Å²) in [7, 11) is -3.54. The van der Waals surface area contributed by atoms with E-state index in [9.17, 15) is 13.2 Å². The molecule has 1 aromatic carbocycles. The predicted octanol–water partition coefficient (Wildman–Crippen LogP) is 2.41. The van der Waals surface area contributed by atoms with Gasteiger partial charge in [0.05, 0.1) is 11.9 Å². The summed E-state index contributed by atoms with van der Waals surface area (Å²) in [5, 5.41) is 2.04. The number of sulfonamides is 1. The molecule has 2 aromatic rings. The number of carbonyl (C=O) groups is 1. The highest BCUT2D eigenvalue weighted by Crippen LogP contribution is 2.25. The summed E-state index contributed by atoms with van der Waals surface area (Å²) in [4.78, 5) is 15.8. The number of anilines is 1. The largest absolute Gasteiger partial charge is 0.336 e. The van der Waals surface area contributed by atoms with E-state index in [4.69, 9.17) is 0 Å². The fourth-order valence-corrected chi connectivity index (χ4v) is 4.71. The van der Waals surface area contributed by atoms with Crippen molar-refractivity contribution in [2.45, 2.75) is 19.9 Å². The number of amides is 1. The second-order valence-electron chi connectivity index (χ2n) is 5.99. The molecule has 1 amide bonds. The second-order valence-corrected chi connectivity index (χ2v) is 8.90. The number of rotatable bonds is 4. The number of para-hydroxylation sites is 1. The smallest absolute Gasteiger partial charge is 0.243 e. The highest BCUT2D eigenvalue weighted by atomic mass is 32.2. The number of benzene rings is 1. The Labute approximate surface area is 146 Å². The van der Waals surface area contributed by atoms with Gasteiger partial charge in [0.1, 0.15) is 6.54 Å². The molecule has 0 saturated heterocycles. The van der Waals surface area contributed by atoms with Gasteiger partial charge in [-0.15, -0.1) is 11.3 Å². The van der Waals surface area contributed by atoms with Gasteiger partial charge in [0.25, 0.3) is 0 Å². The van der Waals surface area contributed by atoms with Gasteiger partial charge in [-0.1, -0.05) is 18.2 Å². The first-order valence-electron chi connectivity index (χ1n) is 7.72. The Balaban J connectivity index is 1.81. The summed E-state index contributed by atoms with van der Waals surface area (Å²) in [5.41, 5.74) is 2.55. The summed E-state index contributed by atoms with van der Waals surface area (Å²) in [6.07, 6.45) is 1.97. The van der Waals surface area contributed by atoms with Gasteiger partial charge in [0.15, 0.2) is 0 Å². The van der Waals surface area contributed by atoms with Gasteiger partial charge in [-0.3, -0.25) is 9.10 Å². The van der Waals surface area contributed by atoms with Gasteiger partial charge < -0.3 is 4.90 Å². The van der Waals surface area contributed by atoms with Crippen LogP contribution < -0.4 is 4.31 Å². The van der Waals surface area contributed by atoms with E-state index in [2.05, 4.69) is 0 Å². The van der Waals surface area contributed by atoms with Crippen molar-refractivity contribution < 1.29 is 13.2 Å². The SMILES string of the molecule is Cc1ccccc1N(CC(=O)N1CCc2sccc2C1)S(C)(=O)=O. The quantitative estimate of drug-likeness (QED) is 0.837. The highest BCUT2D eigenvalue weighted by Gasteiger charge is 2.27. The minimum absolute atomic E-state index is 0.164. The van der Waals surface area contributed by atoms with Gasteiger partial charge in [-0.2, -0.15) is 0 Å². The number of carbonyl (C=O) groups excluding carboxylic acids is 1. The normalized spacial score (nSPS) is 14.3. The van der Waals surface area contributed by atoms with Crippen molar-refractivity contribution in [2.24, 2.45) is 0 Å². The Hall–Kier alpha value is -1.86. The van der Waals surface area contributed by atoms with E-state index >= 15 is 0 Å². The molecule has 0 unspecified atom stereocenters. The molecule has 0 radical (unpaired) electrons. The summed E-state index contributed by atoms with van der Waals surface area (Å²) in [5.74, 6) is -0.166. The molecule has 128 valence electrons. The number of thiophene rings is 1. The Bertz CT molecular complexity index is 858. The second kappa shape index (κ2) is 6.57. The molecule has 0 spiro atoms. The highest BCUT2D eigenvalue weighted by molar-refractivity contribution is 7.92. The molecule has 0 bridgehead atoms. The van der Waals surface area contributed by atoms with Crippen molar-refractivity contribution in [2.75, 3.05) is 23.7 Å². The molecule has 1 aliphatic heterocycles. The molecule has 0 atom stereocenters. The molecule has 1 aromatic heterocycles. The van der Waals surface area contributed by atoms with Gasteiger partial charge >= 0.3 is 0 Å². The predicted molar refractivity (Wildman–Crippen MR) is 96.8 cm³/mol. The van der Waals surface area contributed by atoms with Gasteiger partial charge in [-0.05, 0) is 42.0 Å². The van der Waals surface area contributed by atoms with Crippen LogP contribution in [0.4, 0.5) is 5.69 Å². The summed E-state index contributed by atoms with van der Waals surface area (Å²) < 4.78 is 25.6. The lowest BCUT2D eigenvalue weighted by molar-refractivity contribution is -0.130. The topological polar surface area (TPSA) is 57.7 Å². The Morgan fingerprint density at radius 2 is 2.04 bits per heavy atom. The first-order chi connectivity index (χ1) is 11.4. The lowest BCUT2D eigenvalue weighted by Crippen LogP contribution is -2.44. The van der Waals surface area contributed by atoms with Crippen LogP contribution in [0.25, 0.3) is 0 Å². The first kappa shape index (κ1) is 17.0. The van der Waals surface area contributed by atoms with Crippen molar-refractivity contribution in [3.8, 4) is 0 Å². The number of nitrogens with zero attached hydrogens (tertiary/aromatic N) is 2. The molecular formula is C17H20N2O3S2. The van der Waals surface area contributed by atoms with Gasteiger partial charge in [0.2, 0.25) is 15.9 Å². The molecule has 5 nitrogen and oxygen atoms in total. The third kappa shape index (κ3) is 3.47. The van der Waals surface area contributed by atoms with E-state index < -0.39 is 10.0 Å². The van der Waals surface area contributed by atoms with Crippen LogP contribution in [0.5, 0.6) is 0 Å². The van der Waals surface area contributed by atoms with Crippen molar-refractivity contribution in [3.05, 3.63) is 51.7 Å². The molecule has 0 aliphatic carbocycles. The van der Waals surface area contributed by atoms with E-state index in [-0.39, 0.29) is 12.5 Å². The van der Waals surface area contributed by atoms with Crippen LogP contribution in [0.2, 0.25) is 0 Å². The molecular weight excluding hydrogens is 344 g/mol. The zero-order valence-electron chi connectivity index (χ0n) is 13.7. The fourth-order valence-electron chi connectivity index (χ4n) is 2.91. The average molecular weight is 364 g/mol. The zero-order valence-corrected chi connectivity index (χ0v) is 15.4. The fraction of sp³-hybridized carbons (Fsp3) is 0.353. The summed E-state index contributed by atoms with van der Waals surface area (Å²) in [6, 6.07) is 9.25. The van der Waals surface area contributed by atoms with Crippen LogP contribution in [0, 0.1) is 6.92 Å². The minimum atomic E-state index is -3.54. The van der Waals surface area contributed by atoms with Crippen molar-refractivity contribution >= 4 is 33.0 Å². The van der Waals surface area contributed by atoms with Crippen LogP contribution >= 0.6 is 11.3 Å². The Kier molecular flexibility index (Phi) is 4.64. The maximum Gasteiger partial charge on any atom is 0.243 e. The molecule has 3 rings (SSSR count). The van der Waals surface area contributed by atoms with Crippen LogP contribution in [0.15, 0.2) is 35.7 Å². The third-order valence-electron chi connectivity index (χ3n) is 4.22. The lowest BCUT2D eigenvalue weighted by Gasteiger charge is -2.30. The maximum absolute atomic E-state index is 12.7. The molecule has 7 heteroatoms. The van der Waals surface area contributed by atoms with Crippen molar-refractivity contribution in [1.82, 2.24) is 4.90 Å². The standard InChI is InChI=1S/C17H20N2O3S2/c1-13-5-3-4-6-15(13)19(24(2,21)22)12-17(20)18-9-7-16-14(11-18)8-10-23-16/h3-6,8,10H,7,9,11-12H2,1-2H3. The molecule has 24 heavy (non-hydrogen) atoms. The average Bonchev–Trinajstić information content (AvgIpc) is 2.99. The number of aryl methyl sites for hydroxylation is 1. The number of hydrogen-bond donors (Lipinski definition) is 0. The van der Waals surface area contributed by atoms with E-state index in [1.54, 1.807) is 28.4 Å². The van der Waals surface area contributed by atoms with Crippen molar-refractivity contribution in [1.29, 1.82) is 0 Å². The Morgan fingerprint density at radius 3 is 2.75 bits per heavy atom. The van der Waals surface area contributed by atoms with Gasteiger partial charge in [0, 0.05) is 18.0 Å². The lowest BCUT2D eigenvalue weighted by atomic mass is 10.1. The van der Waals surface area contributed by atoms with Crippen LogP contribution in [0.3, 0.4) is 0 Å². The van der Waals surface area contributed by atoms with Crippen LogP contribution in [-0.2, 0) is 27.8 Å². The first-order valence-corrected chi connectivity index (χ1v) is 10.5.